The van der Waals surface area contributed by atoms with Gasteiger partial charge in [-0.15, -0.1) is 24.8 Å². The maximum Gasteiger partial charge on any atom is 0.0398 e. The Morgan fingerprint density at radius 1 is 1.14 bits per heavy atom. The van der Waals surface area contributed by atoms with E-state index in [1.807, 2.05) is 6.07 Å². The summed E-state index contributed by atoms with van der Waals surface area (Å²) in [7, 11) is 0. The minimum atomic E-state index is 0. The quantitative estimate of drug-likeness (QED) is 0.821. The van der Waals surface area contributed by atoms with Gasteiger partial charge in [0.05, 0.1) is 0 Å². The molecule has 1 atom stereocenters. The number of hydrogen-bond acceptors (Lipinski definition) is 2. The molecule has 0 aromatic heterocycles. The Morgan fingerprint density at radius 3 is 2.43 bits per heavy atom. The van der Waals surface area contributed by atoms with E-state index in [9.17, 15) is 0 Å². The zero-order valence-corrected chi connectivity index (χ0v) is 9.53. The molecule has 1 saturated heterocycles. The van der Waals surface area contributed by atoms with Crippen LogP contribution in [-0.2, 0) is 0 Å². The molecule has 1 aromatic rings. The van der Waals surface area contributed by atoms with Crippen molar-refractivity contribution in [3.05, 3.63) is 30.3 Å². The highest BCUT2D eigenvalue weighted by Gasteiger charge is 2.12. The van der Waals surface area contributed by atoms with Crippen molar-refractivity contribution in [2.45, 2.75) is 12.5 Å². The van der Waals surface area contributed by atoms with Gasteiger partial charge in [-0.25, -0.2) is 0 Å². The molecule has 0 saturated carbocycles. The van der Waals surface area contributed by atoms with Crippen LogP contribution in [0.5, 0.6) is 0 Å². The van der Waals surface area contributed by atoms with Crippen LogP contribution in [0, 0.1) is 0 Å². The average molecular weight is 235 g/mol. The number of benzene rings is 1. The van der Waals surface area contributed by atoms with Crippen molar-refractivity contribution in [2.75, 3.05) is 18.4 Å². The molecule has 0 spiro atoms. The fourth-order valence-electron chi connectivity index (χ4n) is 1.55. The van der Waals surface area contributed by atoms with Gasteiger partial charge in [-0.1, -0.05) is 18.2 Å². The highest BCUT2D eigenvalue weighted by Crippen LogP contribution is 2.10. The van der Waals surface area contributed by atoms with Crippen molar-refractivity contribution in [1.29, 1.82) is 0 Å². The first kappa shape index (κ1) is 13.6. The van der Waals surface area contributed by atoms with E-state index in [0.29, 0.717) is 6.04 Å². The summed E-state index contributed by atoms with van der Waals surface area (Å²) in [6.45, 7) is 2.24. The van der Waals surface area contributed by atoms with Crippen LogP contribution in [-0.4, -0.2) is 19.1 Å². The van der Waals surface area contributed by atoms with Crippen LogP contribution in [0.4, 0.5) is 5.69 Å². The van der Waals surface area contributed by atoms with Gasteiger partial charge in [0.1, 0.15) is 0 Å². The van der Waals surface area contributed by atoms with Crippen molar-refractivity contribution in [3.8, 4) is 0 Å². The number of rotatable bonds is 2. The zero-order valence-electron chi connectivity index (χ0n) is 7.90. The third kappa shape index (κ3) is 3.74. The molecule has 1 fully saturated rings. The van der Waals surface area contributed by atoms with E-state index in [2.05, 4.69) is 34.9 Å². The monoisotopic (exact) mass is 234 g/mol. The maximum absolute atomic E-state index is 3.48. The molecule has 0 aliphatic carbocycles. The van der Waals surface area contributed by atoms with Crippen molar-refractivity contribution in [1.82, 2.24) is 5.32 Å². The summed E-state index contributed by atoms with van der Waals surface area (Å²) >= 11 is 0. The molecule has 1 aliphatic heterocycles. The van der Waals surface area contributed by atoms with E-state index in [1.165, 1.54) is 12.1 Å². The van der Waals surface area contributed by atoms with Gasteiger partial charge in [-0.3, -0.25) is 0 Å². The molecule has 2 rings (SSSR count). The lowest BCUT2D eigenvalue weighted by atomic mass is 10.2. The Bertz CT molecular complexity index is 235. The van der Waals surface area contributed by atoms with Crippen LogP contribution in [0.15, 0.2) is 30.3 Å². The second-order valence-corrected chi connectivity index (χ2v) is 3.20. The first-order chi connectivity index (χ1) is 5.95. The van der Waals surface area contributed by atoms with Crippen LogP contribution in [0.3, 0.4) is 0 Å². The lowest BCUT2D eigenvalue weighted by Crippen LogP contribution is -2.21. The largest absolute Gasteiger partial charge is 0.381 e. The molecule has 14 heavy (non-hydrogen) atoms. The zero-order chi connectivity index (χ0) is 8.23. The van der Waals surface area contributed by atoms with E-state index in [1.54, 1.807) is 0 Å². The van der Waals surface area contributed by atoms with Crippen molar-refractivity contribution < 1.29 is 0 Å². The smallest absolute Gasteiger partial charge is 0.0398 e. The van der Waals surface area contributed by atoms with Gasteiger partial charge < -0.3 is 10.6 Å². The third-order valence-electron chi connectivity index (χ3n) is 2.20. The van der Waals surface area contributed by atoms with E-state index in [4.69, 9.17) is 0 Å². The summed E-state index contributed by atoms with van der Waals surface area (Å²) in [5, 5.41) is 6.81. The average Bonchev–Trinajstić information content (AvgIpc) is 2.59. The predicted octanol–water partition coefficient (Wildman–Crippen LogP) is 2.30. The molecular weight excluding hydrogens is 219 g/mol. The minimum absolute atomic E-state index is 0. The second-order valence-electron chi connectivity index (χ2n) is 3.20. The number of para-hydroxylation sites is 1. The Labute approximate surface area is 97.3 Å². The molecule has 80 valence electrons. The first-order valence-electron chi connectivity index (χ1n) is 4.47. The molecule has 1 unspecified atom stereocenters. The van der Waals surface area contributed by atoms with Crippen LogP contribution in [0.2, 0.25) is 0 Å². The van der Waals surface area contributed by atoms with Gasteiger partial charge in [0.2, 0.25) is 0 Å². The summed E-state index contributed by atoms with van der Waals surface area (Å²) in [6.07, 6.45) is 1.23. The van der Waals surface area contributed by atoms with Gasteiger partial charge in [0.25, 0.3) is 0 Å². The molecule has 1 aliphatic rings. The van der Waals surface area contributed by atoms with E-state index in [0.717, 1.165) is 13.1 Å². The van der Waals surface area contributed by atoms with E-state index >= 15 is 0 Å². The summed E-state index contributed by atoms with van der Waals surface area (Å²) in [4.78, 5) is 0. The molecule has 1 aromatic carbocycles. The van der Waals surface area contributed by atoms with Crippen LogP contribution < -0.4 is 10.6 Å². The number of nitrogens with one attached hydrogen (secondary N) is 2. The Balaban J connectivity index is 0.000000845. The summed E-state index contributed by atoms with van der Waals surface area (Å²) in [6, 6.07) is 11.0. The third-order valence-corrected chi connectivity index (χ3v) is 2.20. The summed E-state index contributed by atoms with van der Waals surface area (Å²) in [5.41, 5.74) is 1.23. The van der Waals surface area contributed by atoms with E-state index in [-0.39, 0.29) is 24.8 Å². The van der Waals surface area contributed by atoms with Crippen molar-refractivity contribution >= 4 is 30.5 Å². The fraction of sp³-hybridized carbons (Fsp3) is 0.400. The van der Waals surface area contributed by atoms with Crippen molar-refractivity contribution in [2.24, 2.45) is 0 Å². The topological polar surface area (TPSA) is 24.1 Å². The highest BCUT2D eigenvalue weighted by atomic mass is 35.5. The maximum atomic E-state index is 3.48. The molecule has 0 amide bonds. The highest BCUT2D eigenvalue weighted by molar-refractivity contribution is 5.85. The number of halogens is 2. The Morgan fingerprint density at radius 2 is 1.86 bits per heavy atom. The normalized spacial score (nSPS) is 19.3. The molecule has 2 N–H and O–H groups in total. The van der Waals surface area contributed by atoms with Gasteiger partial charge in [-0.2, -0.15) is 0 Å². The Hall–Kier alpha value is -0.440. The fourth-order valence-corrected chi connectivity index (χ4v) is 1.55. The Kier molecular flexibility index (Phi) is 6.71. The van der Waals surface area contributed by atoms with Gasteiger partial charge in [-0.05, 0) is 25.1 Å². The molecule has 2 nitrogen and oxygen atoms in total. The van der Waals surface area contributed by atoms with Gasteiger partial charge in [0.15, 0.2) is 0 Å². The number of anilines is 1. The lowest BCUT2D eigenvalue weighted by molar-refractivity contribution is 0.793. The number of hydrogen-bond donors (Lipinski definition) is 2. The second kappa shape index (κ2) is 6.93. The lowest BCUT2D eigenvalue weighted by Gasteiger charge is -2.11. The molecule has 0 bridgehead atoms. The molecule has 1 heterocycles. The predicted molar refractivity (Wildman–Crippen MR) is 65.8 cm³/mol. The van der Waals surface area contributed by atoms with E-state index < -0.39 is 0 Å². The van der Waals surface area contributed by atoms with Crippen LogP contribution >= 0.6 is 24.8 Å². The molecular formula is C10H16Cl2N2. The van der Waals surface area contributed by atoms with Crippen LogP contribution in [0.25, 0.3) is 0 Å². The SMILES string of the molecule is Cl.Cl.c1ccc(NC2CCNC2)cc1. The molecule has 4 heteroatoms. The summed E-state index contributed by atoms with van der Waals surface area (Å²) < 4.78 is 0. The first-order valence-corrected chi connectivity index (χ1v) is 4.47. The summed E-state index contributed by atoms with van der Waals surface area (Å²) in [5.74, 6) is 0. The van der Waals surface area contributed by atoms with Crippen LogP contribution in [0.1, 0.15) is 6.42 Å². The molecule has 0 radical (unpaired) electrons. The standard InChI is InChI=1S/C10H14N2.2ClH/c1-2-4-9(5-3-1)12-10-6-7-11-8-10;;/h1-5,10-12H,6-8H2;2*1H. The van der Waals surface area contributed by atoms with Gasteiger partial charge in [0, 0.05) is 18.3 Å². The minimum Gasteiger partial charge on any atom is -0.381 e. The van der Waals surface area contributed by atoms with Gasteiger partial charge >= 0.3 is 0 Å². The van der Waals surface area contributed by atoms with Crippen molar-refractivity contribution in [3.63, 3.8) is 0 Å².